The molecule has 1 saturated heterocycles. The zero-order valence-electron chi connectivity index (χ0n) is 12.9. The van der Waals surface area contributed by atoms with Crippen LogP contribution in [0.2, 0.25) is 0 Å². The van der Waals surface area contributed by atoms with Gasteiger partial charge < -0.3 is 9.88 Å². The molecule has 0 radical (unpaired) electrons. The first-order valence-corrected chi connectivity index (χ1v) is 8.26. The number of carbonyl (C=O) groups is 1. The van der Waals surface area contributed by atoms with Crippen molar-refractivity contribution >= 4 is 23.4 Å². The molecule has 23 heavy (non-hydrogen) atoms. The van der Waals surface area contributed by atoms with Crippen LogP contribution >= 0.6 is 11.8 Å². The number of alkyl halides is 1. The van der Waals surface area contributed by atoms with E-state index in [9.17, 15) is 18.4 Å². The van der Waals surface area contributed by atoms with Crippen LogP contribution in [0.1, 0.15) is 13.8 Å². The highest BCUT2D eigenvalue weighted by molar-refractivity contribution is 8.01. The molecule has 0 spiro atoms. The van der Waals surface area contributed by atoms with Gasteiger partial charge >= 0.3 is 0 Å². The topological polar surface area (TPSA) is 75.2 Å². The first kappa shape index (κ1) is 17.9. The molecule has 1 fully saturated rings. The summed E-state index contributed by atoms with van der Waals surface area (Å²) >= 11 is 1.43. The number of hydrogen-bond acceptors (Lipinski definition) is 5. The van der Waals surface area contributed by atoms with E-state index in [2.05, 4.69) is 16.0 Å². The molecule has 1 aliphatic rings. The van der Waals surface area contributed by atoms with Crippen LogP contribution in [0.3, 0.4) is 0 Å². The fourth-order valence-corrected chi connectivity index (χ4v) is 3.42. The van der Waals surface area contributed by atoms with E-state index in [0.29, 0.717) is 6.54 Å². The van der Waals surface area contributed by atoms with Gasteiger partial charge in [-0.15, -0.1) is 11.8 Å². The van der Waals surface area contributed by atoms with Gasteiger partial charge in [-0.2, -0.15) is 0 Å². The maximum Gasteiger partial charge on any atom is 0.286 e. The Morgan fingerprint density at radius 2 is 2.30 bits per heavy atom. The lowest BCUT2D eigenvalue weighted by atomic mass is 10.3. The molecule has 0 saturated carbocycles. The molecule has 9 heteroatoms. The Bertz CT molecular complexity index is 623. The molecule has 128 valence electrons. The summed E-state index contributed by atoms with van der Waals surface area (Å²) in [6.45, 7) is 3.45. The van der Waals surface area contributed by atoms with E-state index in [1.807, 2.05) is 13.8 Å². The molecule has 1 aliphatic heterocycles. The number of aromatic nitrogens is 1. The molecule has 2 rings (SSSR count). The molecule has 0 bridgehead atoms. The van der Waals surface area contributed by atoms with E-state index < -0.39 is 18.1 Å². The second kappa shape index (κ2) is 7.89. The average molecular weight is 346 g/mol. The van der Waals surface area contributed by atoms with Crippen molar-refractivity contribution in [2.24, 2.45) is 0 Å². The molecule has 2 unspecified atom stereocenters. The number of rotatable bonds is 6. The SMILES string of the molecule is CC(C)NC1NCC(C(=O)Nc2cc(F)c(=O)n(CCF)c2)S1. The summed E-state index contributed by atoms with van der Waals surface area (Å²) in [6.07, 6.45) is 1.25. The minimum absolute atomic E-state index is 0.0250. The van der Waals surface area contributed by atoms with Crippen LogP contribution in [0.4, 0.5) is 14.5 Å². The summed E-state index contributed by atoms with van der Waals surface area (Å²) in [7, 11) is 0. The molecular weight excluding hydrogens is 326 g/mol. The van der Waals surface area contributed by atoms with Crippen molar-refractivity contribution in [1.82, 2.24) is 15.2 Å². The summed E-state index contributed by atoms with van der Waals surface area (Å²) in [4.78, 5) is 23.7. The lowest BCUT2D eigenvalue weighted by molar-refractivity contribution is -0.115. The van der Waals surface area contributed by atoms with Gasteiger partial charge in [0.25, 0.3) is 5.56 Å². The number of halogens is 2. The Labute approximate surface area is 137 Å². The summed E-state index contributed by atoms with van der Waals surface area (Å²) in [6, 6.07) is 1.23. The van der Waals surface area contributed by atoms with Crippen molar-refractivity contribution in [3.63, 3.8) is 0 Å². The molecule has 0 aliphatic carbocycles. The fraction of sp³-hybridized carbons (Fsp3) is 0.571. The molecule has 1 amide bonds. The third kappa shape index (κ3) is 4.76. The van der Waals surface area contributed by atoms with Gasteiger partial charge in [-0.1, -0.05) is 0 Å². The first-order chi connectivity index (χ1) is 10.9. The Morgan fingerprint density at radius 3 is 2.96 bits per heavy atom. The number of amides is 1. The quantitative estimate of drug-likeness (QED) is 0.713. The second-order valence-corrected chi connectivity index (χ2v) is 6.80. The molecular formula is C14H20F2N4O2S. The van der Waals surface area contributed by atoms with Crippen LogP contribution in [0.15, 0.2) is 17.1 Å². The third-order valence-corrected chi connectivity index (χ3v) is 4.49. The number of carbonyl (C=O) groups excluding carboxylic acids is 1. The molecule has 6 nitrogen and oxygen atoms in total. The van der Waals surface area contributed by atoms with Crippen molar-refractivity contribution < 1.29 is 13.6 Å². The van der Waals surface area contributed by atoms with Crippen molar-refractivity contribution in [1.29, 1.82) is 0 Å². The Morgan fingerprint density at radius 1 is 1.57 bits per heavy atom. The smallest absolute Gasteiger partial charge is 0.286 e. The minimum Gasteiger partial charge on any atom is -0.324 e. The highest BCUT2D eigenvalue weighted by atomic mass is 32.2. The van der Waals surface area contributed by atoms with Gasteiger partial charge in [-0.25, -0.2) is 8.78 Å². The summed E-state index contributed by atoms with van der Waals surface area (Å²) in [5, 5.41) is 8.66. The number of thioether (sulfide) groups is 1. The summed E-state index contributed by atoms with van der Waals surface area (Å²) in [5.74, 6) is -1.31. The first-order valence-electron chi connectivity index (χ1n) is 7.32. The lowest BCUT2D eigenvalue weighted by Crippen LogP contribution is -2.39. The molecule has 1 aromatic rings. The zero-order valence-corrected chi connectivity index (χ0v) is 13.8. The van der Waals surface area contributed by atoms with E-state index in [-0.39, 0.29) is 34.9 Å². The zero-order chi connectivity index (χ0) is 17.0. The predicted octanol–water partition coefficient (Wildman–Crippen LogP) is 0.882. The normalized spacial score (nSPS) is 20.9. The van der Waals surface area contributed by atoms with Gasteiger partial charge in [0.15, 0.2) is 5.82 Å². The van der Waals surface area contributed by atoms with E-state index in [1.165, 1.54) is 18.0 Å². The van der Waals surface area contributed by atoms with Gasteiger partial charge in [0, 0.05) is 24.8 Å². The summed E-state index contributed by atoms with van der Waals surface area (Å²) < 4.78 is 26.9. The van der Waals surface area contributed by atoms with Crippen LogP contribution in [-0.2, 0) is 11.3 Å². The highest BCUT2D eigenvalue weighted by Gasteiger charge is 2.30. The van der Waals surface area contributed by atoms with Crippen LogP contribution in [-0.4, -0.2) is 40.5 Å². The standard InChI is InChI=1S/C14H20F2N4O2S/c1-8(2)18-14-17-6-11(23-14)12(21)19-9-5-10(16)13(22)20(7-9)4-3-15/h5,7-8,11,14,17-18H,3-4,6H2,1-2H3,(H,19,21). The maximum absolute atomic E-state index is 13.6. The minimum atomic E-state index is -1.02. The van der Waals surface area contributed by atoms with Crippen molar-refractivity contribution in [3.8, 4) is 0 Å². The monoisotopic (exact) mass is 346 g/mol. The largest absolute Gasteiger partial charge is 0.324 e. The van der Waals surface area contributed by atoms with Crippen molar-refractivity contribution in [3.05, 3.63) is 28.4 Å². The van der Waals surface area contributed by atoms with Crippen molar-refractivity contribution in [2.45, 2.75) is 37.2 Å². The van der Waals surface area contributed by atoms with Gasteiger partial charge in [0.05, 0.1) is 17.5 Å². The van der Waals surface area contributed by atoms with Crippen molar-refractivity contribution in [2.75, 3.05) is 18.5 Å². The van der Waals surface area contributed by atoms with Gasteiger partial charge in [0.2, 0.25) is 5.91 Å². The molecule has 2 heterocycles. The van der Waals surface area contributed by atoms with Gasteiger partial charge in [0.1, 0.15) is 12.2 Å². The van der Waals surface area contributed by atoms with Crippen LogP contribution in [0.5, 0.6) is 0 Å². The number of pyridine rings is 1. The fourth-order valence-electron chi connectivity index (χ4n) is 2.18. The Balaban J connectivity index is 2.02. The van der Waals surface area contributed by atoms with Gasteiger partial charge in [-0.3, -0.25) is 20.2 Å². The third-order valence-electron chi connectivity index (χ3n) is 3.20. The van der Waals surface area contributed by atoms with Gasteiger partial charge in [-0.05, 0) is 13.8 Å². The number of hydrogen-bond donors (Lipinski definition) is 3. The molecule has 2 atom stereocenters. The molecule has 3 N–H and O–H groups in total. The Kier molecular flexibility index (Phi) is 6.14. The van der Waals surface area contributed by atoms with E-state index in [0.717, 1.165) is 10.6 Å². The van der Waals surface area contributed by atoms with Crippen LogP contribution in [0, 0.1) is 5.82 Å². The van der Waals surface area contributed by atoms with Crippen LogP contribution in [0.25, 0.3) is 0 Å². The Hall–Kier alpha value is -1.45. The number of anilines is 1. The van der Waals surface area contributed by atoms with Crippen LogP contribution < -0.4 is 21.5 Å². The van der Waals surface area contributed by atoms with E-state index in [1.54, 1.807) is 0 Å². The summed E-state index contributed by atoms with van der Waals surface area (Å²) in [5.41, 5.74) is -0.789. The number of aryl methyl sites for hydroxylation is 1. The second-order valence-electron chi connectivity index (χ2n) is 5.49. The van der Waals surface area contributed by atoms with E-state index in [4.69, 9.17) is 0 Å². The number of nitrogens with one attached hydrogen (secondary N) is 3. The average Bonchev–Trinajstić information content (AvgIpc) is 2.92. The molecule has 1 aromatic heterocycles. The molecule has 0 aromatic carbocycles. The predicted molar refractivity (Wildman–Crippen MR) is 86.7 cm³/mol. The maximum atomic E-state index is 13.6. The lowest BCUT2D eigenvalue weighted by Gasteiger charge is -2.15. The van der Waals surface area contributed by atoms with E-state index >= 15 is 0 Å². The highest BCUT2D eigenvalue weighted by Crippen LogP contribution is 2.22. The number of nitrogens with zero attached hydrogens (tertiary/aromatic N) is 1.